The molecule has 6 nitrogen and oxygen atoms in total. The topological polar surface area (TPSA) is 56.8 Å². The standard InChI is InChI=1S/C26H34N4O2/c1-19(2)16-30-25(32)29(18-23-7-5-6-12-27-23)24(31)26(30)10-13-28(14-11-26)17-22-9-8-20(3)21(4)15-22/h5-9,12,15,19H,10-11,13-14,16-18H2,1-4H3. The minimum Gasteiger partial charge on any atom is -0.309 e. The van der Waals surface area contributed by atoms with E-state index in [1.165, 1.54) is 21.6 Å². The molecule has 3 amide bonds. The van der Waals surface area contributed by atoms with E-state index in [2.05, 4.69) is 55.8 Å². The normalized spacial score (nSPS) is 18.9. The van der Waals surface area contributed by atoms with Crippen molar-refractivity contribution in [1.82, 2.24) is 19.7 Å². The van der Waals surface area contributed by atoms with Gasteiger partial charge in [0.2, 0.25) is 0 Å². The van der Waals surface area contributed by atoms with E-state index in [1.807, 2.05) is 23.1 Å². The van der Waals surface area contributed by atoms with Crippen LogP contribution in [0.15, 0.2) is 42.6 Å². The average Bonchev–Trinajstić information content (AvgIpc) is 2.95. The Balaban J connectivity index is 1.51. The number of likely N-dealkylation sites (tertiary alicyclic amines) is 1. The summed E-state index contributed by atoms with van der Waals surface area (Å²) in [5.74, 6) is 0.242. The molecule has 2 saturated heterocycles. The van der Waals surface area contributed by atoms with Crippen LogP contribution in [-0.4, -0.2) is 56.8 Å². The molecule has 1 aromatic heterocycles. The molecule has 0 N–H and O–H groups in total. The fourth-order valence-electron chi connectivity index (χ4n) is 4.92. The molecule has 2 aromatic rings. The van der Waals surface area contributed by atoms with Crippen LogP contribution < -0.4 is 0 Å². The molecule has 0 aliphatic carbocycles. The summed E-state index contributed by atoms with van der Waals surface area (Å²) in [6.07, 6.45) is 3.05. The van der Waals surface area contributed by atoms with E-state index in [4.69, 9.17) is 0 Å². The number of hydrogen-bond acceptors (Lipinski definition) is 4. The Bertz CT molecular complexity index is 981. The monoisotopic (exact) mass is 434 g/mol. The van der Waals surface area contributed by atoms with Crippen LogP contribution in [0.2, 0.25) is 0 Å². The zero-order valence-electron chi connectivity index (χ0n) is 19.7. The molecule has 1 spiro atoms. The average molecular weight is 435 g/mol. The lowest BCUT2D eigenvalue weighted by atomic mass is 9.85. The lowest BCUT2D eigenvalue weighted by Gasteiger charge is -2.42. The van der Waals surface area contributed by atoms with Crippen molar-refractivity contribution in [3.8, 4) is 0 Å². The zero-order valence-corrected chi connectivity index (χ0v) is 19.7. The Kier molecular flexibility index (Phi) is 6.33. The van der Waals surface area contributed by atoms with Crippen molar-refractivity contribution in [3.63, 3.8) is 0 Å². The molecular weight excluding hydrogens is 400 g/mol. The number of urea groups is 1. The number of rotatable bonds is 6. The number of aromatic nitrogens is 1. The molecule has 3 heterocycles. The minimum absolute atomic E-state index is 0.0559. The SMILES string of the molecule is Cc1ccc(CN2CCC3(CC2)C(=O)N(Cc2ccccn2)C(=O)N3CC(C)C)cc1C. The molecule has 0 unspecified atom stereocenters. The Morgan fingerprint density at radius 3 is 2.38 bits per heavy atom. The van der Waals surface area contributed by atoms with Gasteiger partial charge < -0.3 is 4.90 Å². The molecule has 2 aliphatic rings. The van der Waals surface area contributed by atoms with Crippen LogP contribution in [-0.2, 0) is 17.9 Å². The summed E-state index contributed by atoms with van der Waals surface area (Å²) >= 11 is 0. The summed E-state index contributed by atoms with van der Waals surface area (Å²) in [6.45, 7) is 11.8. The number of benzene rings is 1. The van der Waals surface area contributed by atoms with Crippen molar-refractivity contribution in [3.05, 3.63) is 65.0 Å². The Morgan fingerprint density at radius 2 is 1.75 bits per heavy atom. The number of imide groups is 1. The van der Waals surface area contributed by atoms with Crippen molar-refractivity contribution in [2.24, 2.45) is 5.92 Å². The third-order valence-electron chi connectivity index (χ3n) is 6.88. The third kappa shape index (κ3) is 4.29. The minimum atomic E-state index is -0.726. The number of carbonyl (C=O) groups is 2. The summed E-state index contributed by atoms with van der Waals surface area (Å²) in [6, 6.07) is 12.0. The van der Waals surface area contributed by atoms with E-state index < -0.39 is 5.54 Å². The number of pyridine rings is 1. The van der Waals surface area contributed by atoms with Crippen LogP contribution in [0.5, 0.6) is 0 Å². The largest absolute Gasteiger partial charge is 0.328 e. The maximum absolute atomic E-state index is 13.7. The second-order valence-electron chi connectivity index (χ2n) is 9.73. The fraction of sp³-hybridized carbons (Fsp3) is 0.500. The number of hydrogen-bond donors (Lipinski definition) is 0. The highest BCUT2D eigenvalue weighted by molar-refractivity contribution is 6.07. The van der Waals surface area contributed by atoms with Gasteiger partial charge in [0, 0.05) is 32.4 Å². The van der Waals surface area contributed by atoms with Gasteiger partial charge in [-0.05, 0) is 61.4 Å². The Hall–Kier alpha value is -2.73. The quantitative estimate of drug-likeness (QED) is 0.641. The molecule has 6 heteroatoms. The summed E-state index contributed by atoms with van der Waals surface area (Å²) in [5, 5.41) is 0. The van der Waals surface area contributed by atoms with Gasteiger partial charge in [0.25, 0.3) is 5.91 Å². The summed E-state index contributed by atoms with van der Waals surface area (Å²) in [5.41, 5.74) is 3.92. The number of nitrogens with zero attached hydrogens (tertiary/aromatic N) is 4. The van der Waals surface area contributed by atoms with Gasteiger partial charge in [0.05, 0.1) is 12.2 Å². The third-order valence-corrected chi connectivity index (χ3v) is 6.88. The van der Waals surface area contributed by atoms with Gasteiger partial charge in [-0.25, -0.2) is 4.79 Å². The van der Waals surface area contributed by atoms with E-state index in [0.717, 1.165) is 25.3 Å². The van der Waals surface area contributed by atoms with Crippen molar-refractivity contribution >= 4 is 11.9 Å². The van der Waals surface area contributed by atoms with Gasteiger partial charge in [-0.2, -0.15) is 0 Å². The highest BCUT2D eigenvalue weighted by atomic mass is 16.2. The van der Waals surface area contributed by atoms with Gasteiger partial charge in [0.15, 0.2) is 0 Å². The number of aryl methyl sites for hydroxylation is 2. The van der Waals surface area contributed by atoms with E-state index in [0.29, 0.717) is 25.3 Å². The predicted molar refractivity (Wildman–Crippen MR) is 125 cm³/mol. The van der Waals surface area contributed by atoms with Crippen LogP contribution in [0.3, 0.4) is 0 Å². The first-order chi connectivity index (χ1) is 15.3. The molecule has 0 saturated carbocycles. The van der Waals surface area contributed by atoms with Crippen molar-refractivity contribution < 1.29 is 9.59 Å². The predicted octanol–water partition coefficient (Wildman–Crippen LogP) is 4.15. The van der Waals surface area contributed by atoms with Crippen LogP contribution in [0.4, 0.5) is 4.79 Å². The maximum atomic E-state index is 13.7. The zero-order chi connectivity index (χ0) is 22.9. The van der Waals surface area contributed by atoms with Crippen LogP contribution in [0.25, 0.3) is 0 Å². The lowest BCUT2D eigenvalue weighted by molar-refractivity contribution is -0.136. The van der Waals surface area contributed by atoms with E-state index in [-0.39, 0.29) is 18.5 Å². The van der Waals surface area contributed by atoms with Crippen molar-refractivity contribution in [1.29, 1.82) is 0 Å². The molecule has 170 valence electrons. The number of piperidine rings is 1. The van der Waals surface area contributed by atoms with Gasteiger partial charge in [-0.15, -0.1) is 0 Å². The highest BCUT2D eigenvalue weighted by Crippen LogP contribution is 2.38. The fourth-order valence-corrected chi connectivity index (χ4v) is 4.92. The molecule has 2 fully saturated rings. The first-order valence-electron chi connectivity index (χ1n) is 11.6. The van der Waals surface area contributed by atoms with E-state index >= 15 is 0 Å². The first kappa shape index (κ1) is 22.5. The number of amides is 3. The van der Waals surface area contributed by atoms with E-state index in [9.17, 15) is 9.59 Å². The first-order valence-corrected chi connectivity index (χ1v) is 11.6. The Morgan fingerprint density at radius 1 is 1.00 bits per heavy atom. The van der Waals surface area contributed by atoms with E-state index in [1.54, 1.807) is 6.20 Å². The molecule has 4 rings (SSSR count). The molecule has 0 atom stereocenters. The summed E-state index contributed by atoms with van der Waals surface area (Å²) in [4.78, 5) is 37.0. The number of carbonyl (C=O) groups excluding carboxylic acids is 2. The van der Waals surface area contributed by atoms with Gasteiger partial charge in [0.1, 0.15) is 5.54 Å². The second-order valence-corrected chi connectivity index (χ2v) is 9.73. The highest BCUT2D eigenvalue weighted by Gasteiger charge is 2.57. The van der Waals surface area contributed by atoms with Crippen LogP contribution >= 0.6 is 0 Å². The smallest absolute Gasteiger partial charge is 0.309 e. The van der Waals surface area contributed by atoms with Crippen LogP contribution in [0, 0.1) is 19.8 Å². The Labute approximate surface area is 191 Å². The van der Waals surface area contributed by atoms with Crippen molar-refractivity contribution in [2.45, 2.75) is 59.2 Å². The molecular formula is C26H34N4O2. The molecule has 32 heavy (non-hydrogen) atoms. The summed E-state index contributed by atoms with van der Waals surface area (Å²) < 4.78 is 0. The molecule has 0 radical (unpaired) electrons. The van der Waals surface area contributed by atoms with Gasteiger partial charge >= 0.3 is 6.03 Å². The molecule has 1 aromatic carbocycles. The molecule has 0 bridgehead atoms. The maximum Gasteiger partial charge on any atom is 0.328 e. The van der Waals surface area contributed by atoms with Gasteiger partial charge in [-0.3, -0.25) is 19.6 Å². The lowest BCUT2D eigenvalue weighted by Crippen LogP contribution is -2.57. The second kappa shape index (κ2) is 9.02. The van der Waals surface area contributed by atoms with Crippen LogP contribution in [0.1, 0.15) is 49.1 Å². The van der Waals surface area contributed by atoms with Gasteiger partial charge in [-0.1, -0.05) is 38.1 Å². The summed E-state index contributed by atoms with van der Waals surface area (Å²) in [7, 11) is 0. The van der Waals surface area contributed by atoms with Crippen molar-refractivity contribution in [2.75, 3.05) is 19.6 Å². The molecule has 2 aliphatic heterocycles.